The van der Waals surface area contributed by atoms with Gasteiger partial charge in [-0.25, -0.2) is 0 Å². The van der Waals surface area contributed by atoms with Gasteiger partial charge in [0.05, 0.1) is 6.04 Å². The Hall–Kier alpha value is -3.85. The minimum absolute atomic E-state index is 0.232. The average Bonchev–Trinajstić information content (AvgIpc) is 3.24. The van der Waals surface area contributed by atoms with Crippen LogP contribution in [0.5, 0.6) is 0 Å². The van der Waals surface area contributed by atoms with Gasteiger partial charge in [-0.3, -0.25) is 4.79 Å². The largest absolute Gasteiger partial charge is 0.451 e. The molecule has 3 heteroatoms. The molecule has 1 amide bonds. The molecule has 5 aromatic rings. The first-order valence-corrected chi connectivity index (χ1v) is 10.0. The number of amides is 1. The van der Waals surface area contributed by atoms with E-state index < -0.39 is 0 Å². The first-order chi connectivity index (χ1) is 14.7. The molecule has 4 aromatic carbocycles. The minimum Gasteiger partial charge on any atom is -0.451 e. The summed E-state index contributed by atoms with van der Waals surface area (Å²) < 4.78 is 5.92. The smallest absolute Gasteiger partial charge is 0.287 e. The van der Waals surface area contributed by atoms with E-state index >= 15 is 0 Å². The zero-order valence-electron chi connectivity index (χ0n) is 16.6. The standard InChI is InChI=1S/C27H21NO2/c1-18-11-13-21(14-12-18)26(20-8-3-2-4-9-20)28-27(29)25-17-23-22-10-6-5-7-19(22)15-16-24(23)30-25/h2-17,26H,1H3,(H,28,29). The van der Waals surface area contributed by atoms with Gasteiger partial charge in [-0.1, -0.05) is 90.5 Å². The maximum Gasteiger partial charge on any atom is 0.287 e. The van der Waals surface area contributed by atoms with Crippen LogP contribution in [0.2, 0.25) is 0 Å². The van der Waals surface area contributed by atoms with Crippen molar-refractivity contribution in [2.75, 3.05) is 0 Å². The zero-order chi connectivity index (χ0) is 20.5. The summed E-state index contributed by atoms with van der Waals surface area (Å²) in [6.07, 6.45) is 0. The molecule has 3 nitrogen and oxygen atoms in total. The lowest BCUT2D eigenvalue weighted by atomic mass is 9.97. The molecule has 0 radical (unpaired) electrons. The second-order valence-corrected chi connectivity index (χ2v) is 7.54. The Morgan fingerprint density at radius 1 is 0.767 bits per heavy atom. The first-order valence-electron chi connectivity index (χ1n) is 10.0. The van der Waals surface area contributed by atoms with Gasteiger partial charge in [-0.05, 0) is 41.0 Å². The fraction of sp³-hybridized carbons (Fsp3) is 0.0741. The van der Waals surface area contributed by atoms with Crippen molar-refractivity contribution in [3.8, 4) is 0 Å². The normalized spacial score (nSPS) is 12.2. The average molecular weight is 391 g/mol. The molecule has 0 saturated heterocycles. The molecule has 1 heterocycles. The zero-order valence-corrected chi connectivity index (χ0v) is 16.6. The maximum absolute atomic E-state index is 13.2. The highest BCUT2D eigenvalue weighted by molar-refractivity contribution is 6.08. The molecule has 146 valence electrons. The quantitative estimate of drug-likeness (QED) is 0.384. The van der Waals surface area contributed by atoms with Gasteiger partial charge in [0, 0.05) is 5.39 Å². The minimum atomic E-state index is -0.260. The van der Waals surface area contributed by atoms with Crippen molar-refractivity contribution in [2.45, 2.75) is 13.0 Å². The summed E-state index contributed by atoms with van der Waals surface area (Å²) in [6.45, 7) is 2.05. The van der Waals surface area contributed by atoms with E-state index in [2.05, 4.69) is 42.6 Å². The Morgan fingerprint density at radius 2 is 1.47 bits per heavy atom. The summed E-state index contributed by atoms with van der Waals surface area (Å²) in [5.41, 5.74) is 3.95. The monoisotopic (exact) mass is 391 g/mol. The molecule has 0 aliphatic rings. The number of aryl methyl sites for hydroxylation is 1. The molecule has 0 bridgehead atoms. The molecule has 0 spiro atoms. The van der Waals surface area contributed by atoms with E-state index in [0.717, 1.165) is 27.3 Å². The van der Waals surface area contributed by atoms with Crippen molar-refractivity contribution < 1.29 is 9.21 Å². The maximum atomic E-state index is 13.2. The Balaban J connectivity index is 1.52. The van der Waals surface area contributed by atoms with Gasteiger partial charge in [0.2, 0.25) is 0 Å². The van der Waals surface area contributed by atoms with Crippen LogP contribution in [0.3, 0.4) is 0 Å². The lowest BCUT2D eigenvalue weighted by Gasteiger charge is -2.19. The highest BCUT2D eigenvalue weighted by Gasteiger charge is 2.20. The van der Waals surface area contributed by atoms with Crippen molar-refractivity contribution in [2.24, 2.45) is 0 Å². The van der Waals surface area contributed by atoms with Crippen molar-refractivity contribution in [1.29, 1.82) is 0 Å². The van der Waals surface area contributed by atoms with Crippen LogP contribution in [0, 0.1) is 6.92 Å². The van der Waals surface area contributed by atoms with Gasteiger partial charge in [-0.15, -0.1) is 0 Å². The third kappa shape index (κ3) is 3.35. The predicted molar refractivity (Wildman–Crippen MR) is 121 cm³/mol. The van der Waals surface area contributed by atoms with Crippen molar-refractivity contribution in [1.82, 2.24) is 5.32 Å². The Labute approximate surface area is 175 Å². The van der Waals surface area contributed by atoms with Crippen LogP contribution in [-0.4, -0.2) is 5.91 Å². The summed E-state index contributed by atoms with van der Waals surface area (Å²) in [6, 6.07) is 31.8. The molecule has 1 unspecified atom stereocenters. The molecule has 1 atom stereocenters. The van der Waals surface area contributed by atoms with E-state index in [4.69, 9.17) is 4.42 Å². The van der Waals surface area contributed by atoms with Gasteiger partial charge < -0.3 is 9.73 Å². The van der Waals surface area contributed by atoms with Gasteiger partial charge >= 0.3 is 0 Å². The van der Waals surface area contributed by atoms with Crippen LogP contribution in [0.25, 0.3) is 21.7 Å². The van der Waals surface area contributed by atoms with Crippen LogP contribution in [-0.2, 0) is 0 Å². The third-order valence-electron chi connectivity index (χ3n) is 5.47. The van der Waals surface area contributed by atoms with Crippen LogP contribution in [0.4, 0.5) is 0 Å². The number of hydrogen-bond donors (Lipinski definition) is 1. The number of hydrogen-bond acceptors (Lipinski definition) is 2. The first kappa shape index (κ1) is 18.2. The number of carbonyl (C=O) groups is 1. The molecule has 0 aliphatic heterocycles. The van der Waals surface area contributed by atoms with Crippen LogP contribution >= 0.6 is 0 Å². The number of fused-ring (bicyclic) bond motifs is 3. The van der Waals surface area contributed by atoms with E-state index in [9.17, 15) is 4.79 Å². The summed E-state index contributed by atoms with van der Waals surface area (Å²) in [5, 5.41) is 6.31. The Kier molecular flexibility index (Phi) is 4.56. The van der Waals surface area contributed by atoms with E-state index in [-0.39, 0.29) is 11.9 Å². The molecule has 0 fully saturated rings. The molecule has 1 aromatic heterocycles. The van der Waals surface area contributed by atoms with Crippen molar-refractivity contribution >= 4 is 27.6 Å². The summed E-state index contributed by atoms with van der Waals surface area (Å²) in [7, 11) is 0. The van der Waals surface area contributed by atoms with Gasteiger partial charge in [0.1, 0.15) is 5.58 Å². The van der Waals surface area contributed by atoms with E-state index in [1.807, 2.05) is 66.7 Å². The molecular weight excluding hydrogens is 370 g/mol. The summed E-state index contributed by atoms with van der Waals surface area (Å²) in [5.74, 6) is 0.0825. The van der Waals surface area contributed by atoms with E-state index in [0.29, 0.717) is 11.3 Å². The molecule has 30 heavy (non-hydrogen) atoms. The van der Waals surface area contributed by atoms with Crippen LogP contribution in [0.1, 0.15) is 33.3 Å². The van der Waals surface area contributed by atoms with Crippen molar-refractivity contribution in [3.63, 3.8) is 0 Å². The number of furan rings is 1. The van der Waals surface area contributed by atoms with Gasteiger partial charge in [0.15, 0.2) is 5.76 Å². The second-order valence-electron chi connectivity index (χ2n) is 7.54. The van der Waals surface area contributed by atoms with E-state index in [1.54, 1.807) is 0 Å². The van der Waals surface area contributed by atoms with Crippen molar-refractivity contribution in [3.05, 3.63) is 120 Å². The molecule has 0 aliphatic carbocycles. The highest BCUT2D eigenvalue weighted by atomic mass is 16.3. The fourth-order valence-corrected chi connectivity index (χ4v) is 3.87. The van der Waals surface area contributed by atoms with Crippen LogP contribution in [0.15, 0.2) is 101 Å². The lowest BCUT2D eigenvalue weighted by molar-refractivity contribution is 0.0917. The third-order valence-corrected chi connectivity index (χ3v) is 5.47. The van der Waals surface area contributed by atoms with Gasteiger partial charge in [-0.2, -0.15) is 0 Å². The predicted octanol–water partition coefficient (Wildman–Crippen LogP) is 6.41. The molecular formula is C27H21NO2. The number of rotatable bonds is 4. The SMILES string of the molecule is Cc1ccc(C(NC(=O)c2cc3c(ccc4ccccc43)o2)c2ccccc2)cc1. The second kappa shape index (κ2) is 7.53. The molecule has 0 saturated carbocycles. The number of benzene rings is 4. The molecule has 5 rings (SSSR count). The lowest BCUT2D eigenvalue weighted by Crippen LogP contribution is -2.29. The Bertz CT molecular complexity index is 1330. The highest BCUT2D eigenvalue weighted by Crippen LogP contribution is 2.29. The van der Waals surface area contributed by atoms with Gasteiger partial charge in [0.25, 0.3) is 5.91 Å². The topological polar surface area (TPSA) is 42.2 Å². The summed E-state index contributed by atoms with van der Waals surface area (Å²) in [4.78, 5) is 13.2. The Morgan fingerprint density at radius 3 is 2.27 bits per heavy atom. The van der Waals surface area contributed by atoms with E-state index in [1.165, 1.54) is 5.56 Å². The number of carbonyl (C=O) groups excluding carboxylic acids is 1. The number of nitrogens with one attached hydrogen (secondary N) is 1. The molecule has 1 N–H and O–H groups in total. The fourth-order valence-electron chi connectivity index (χ4n) is 3.87. The summed E-state index contributed by atoms with van der Waals surface area (Å²) >= 11 is 0. The van der Waals surface area contributed by atoms with Crippen LogP contribution < -0.4 is 5.32 Å².